The zero-order chi connectivity index (χ0) is 13.1. The topological polar surface area (TPSA) is 64.3 Å². The average Bonchev–Trinajstić information content (AvgIpc) is 2.66. The van der Waals surface area contributed by atoms with E-state index in [1.54, 1.807) is 16.8 Å². The molecule has 1 aromatic carbocycles. The first kappa shape index (κ1) is 12.2. The first-order chi connectivity index (χ1) is 8.56. The molecular weight excluding hydrogens is 232 g/mol. The molecular formula is C13H14N2O3. The molecule has 0 bridgehead atoms. The van der Waals surface area contributed by atoms with Crippen molar-refractivity contribution in [1.82, 2.24) is 9.78 Å². The Bertz CT molecular complexity index is 558. The molecule has 0 atom stereocenters. The molecule has 0 spiro atoms. The number of hydrogen-bond donors (Lipinski definition) is 1. The Morgan fingerprint density at radius 3 is 2.50 bits per heavy atom. The molecule has 5 heteroatoms. The van der Waals surface area contributed by atoms with Crippen molar-refractivity contribution in [2.45, 2.75) is 20.6 Å². The second-order valence-electron chi connectivity index (χ2n) is 4.03. The number of carboxylic acids is 1. The lowest BCUT2D eigenvalue weighted by Crippen LogP contribution is -2.08. The lowest BCUT2D eigenvalue weighted by atomic mass is 10.2. The van der Waals surface area contributed by atoms with E-state index in [4.69, 9.17) is 9.84 Å². The van der Waals surface area contributed by atoms with Crippen LogP contribution in [0.5, 0.6) is 5.75 Å². The molecule has 5 nitrogen and oxygen atoms in total. The van der Waals surface area contributed by atoms with Gasteiger partial charge >= 0.3 is 5.97 Å². The predicted molar refractivity (Wildman–Crippen MR) is 65.7 cm³/mol. The van der Waals surface area contributed by atoms with Crippen molar-refractivity contribution in [3.63, 3.8) is 0 Å². The third-order valence-electron chi connectivity index (χ3n) is 2.56. The summed E-state index contributed by atoms with van der Waals surface area (Å²) in [6.07, 6.45) is 0. The van der Waals surface area contributed by atoms with E-state index < -0.39 is 5.97 Å². The molecule has 0 aliphatic heterocycles. The smallest absolute Gasteiger partial charge is 0.335 e. The SMILES string of the molecule is Cc1cc(C)n(COc2ccc(C(=O)O)cc2)n1. The second-order valence-corrected chi connectivity index (χ2v) is 4.03. The van der Waals surface area contributed by atoms with Gasteiger partial charge in [0.2, 0.25) is 0 Å². The Balaban J connectivity index is 2.02. The molecule has 18 heavy (non-hydrogen) atoms. The van der Waals surface area contributed by atoms with E-state index in [0.29, 0.717) is 12.5 Å². The Morgan fingerprint density at radius 1 is 1.33 bits per heavy atom. The van der Waals surface area contributed by atoms with Crippen molar-refractivity contribution in [3.8, 4) is 5.75 Å². The zero-order valence-electron chi connectivity index (χ0n) is 10.3. The summed E-state index contributed by atoms with van der Waals surface area (Å²) in [5.41, 5.74) is 2.21. The van der Waals surface area contributed by atoms with E-state index in [0.717, 1.165) is 11.4 Å². The van der Waals surface area contributed by atoms with E-state index in [2.05, 4.69) is 5.10 Å². The normalized spacial score (nSPS) is 10.3. The van der Waals surface area contributed by atoms with Gasteiger partial charge in [-0.2, -0.15) is 5.10 Å². The minimum atomic E-state index is -0.944. The van der Waals surface area contributed by atoms with Crippen molar-refractivity contribution in [2.24, 2.45) is 0 Å². The summed E-state index contributed by atoms with van der Waals surface area (Å²) in [6.45, 7) is 4.19. The molecule has 1 aromatic heterocycles. The summed E-state index contributed by atoms with van der Waals surface area (Å²) in [5.74, 6) is -0.326. The minimum absolute atomic E-state index is 0.244. The van der Waals surface area contributed by atoms with Gasteiger partial charge in [-0.05, 0) is 44.2 Å². The van der Waals surface area contributed by atoms with Gasteiger partial charge in [-0.15, -0.1) is 0 Å². The third kappa shape index (κ3) is 2.68. The van der Waals surface area contributed by atoms with Gasteiger partial charge in [0.25, 0.3) is 0 Å². The number of benzene rings is 1. The van der Waals surface area contributed by atoms with Crippen molar-refractivity contribution >= 4 is 5.97 Å². The first-order valence-corrected chi connectivity index (χ1v) is 5.53. The summed E-state index contributed by atoms with van der Waals surface area (Å²) in [6, 6.07) is 8.26. The average molecular weight is 246 g/mol. The molecule has 0 unspecified atom stereocenters. The van der Waals surface area contributed by atoms with Crippen LogP contribution in [-0.2, 0) is 6.73 Å². The monoisotopic (exact) mass is 246 g/mol. The van der Waals surface area contributed by atoms with Crippen molar-refractivity contribution in [3.05, 3.63) is 47.3 Å². The number of carboxylic acid groups (broad SMARTS) is 1. The number of nitrogens with zero attached hydrogens (tertiary/aromatic N) is 2. The van der Waals surface area contributed by atoms with Crippen molar-refractivity contribution in [1.29, 1.82) is 0 Å². The molecule has 0 fully saturated rings. The fourth-order valence-corrected chi connectivity index (χ4v) is 1.64. The fraction of sp³-hybridized carbons (Fsp3) is 0.231. The summed E-state index contributed by atoms with van der Waals surface area (Å²) in [7, 11) is 0. The van der Waals surface area contributed by atoms with Crippen LogP contribution >= 0.6 is 0 Å². The van der Waals surface area contributed by atoms with Gasteiger partial charge in [-0.1, -0.05) is 0 Å². The molecule has 0 saturated heterocycles. The van der Waals surface area contributed by atoms with Crippen LogP contribution in [0.25, 0.3) is 0 Å². The lowest BCUT2D eigenvalue weighted by Gasteiger charge is -2.07. The van der Waals surface area contributed by atoms with Crippen LogP contribution in [0, 0.1) is 13.8 Å². The number of aromatic nitrogens is 2. The van der Waals surface area contributed by atoms with Crippen LogP contribution in [0.2, 0.25) is 0 Å². The lowest BCUT2D eigenvalue weighted by molar-refractivity contribution is 0.0697. The largest absolute Gasteiger partial charge is 0.478 e. The van der Waals surface area contributed by atoms with Crippen LogP contribution in [0.4, 0.5) is 0 Å². The third-order valence-corrected chi connectivity index (χ3v) is 2.56. The standard InChI is InChI=1S/C13H14N2O3/c1-9-7-10(2)15(14-9)8-18-12-5-3-11(4-6-12)13(16)17/h3-7H,8H2,1-2H3,(H,16,17). The maximum atomic E-state index is 10.7. The molecule has 0 amide bonds. The Labute approximate surface area is 105 Å². The summed E-state index contributed by atoms with van der Waals surface area (Å²) < 4.78 is 7.28. The second kappa shape index (κ2) is 4.91. The number of ether oxygens (including phenoxy) is 1. The van der Waals surface area contributed by atoms with E-state index in [-0.39, 0.29) is 5.56 Å². The number of hydrogen-bond acceptors (Lipinski definition) is 3. The van der Waals surface area contributed by atoms with Gasteiger partial charge in [-0.25, -0.2) is 9.48 Å². The highest BCUT2D eigenvalue weighted by molar-refractivity contribution is 5.87. The quantitative estimate of drug-likeness (QED) is 0.898. The minimum Gasteiger partial charge on any atom is -0.478 e. The van der Waals surface area contributed by atoms with Crippen molar-refractivity contribution < 1.29 is 14.6 Å². The van der Waals surface area contributed by atoms with E-state index in [1.807, 2.05) is 19.9 Å². The van der Waals surface area contributed by atoms with E-state index in [9.17, 15) is 4.79 Å². The summed E-state index contributed by atoms with van der Waals surface area (Å²) in [5, 5.41) is 13.0. The van der Waals surface area contributed by atoms with Crippen LogP contribution in [0.15, 0.2) is 30.3 Å². The van der Waals surface area contributed by atoms with Gasteiger partial charge in [0.15, 0.2) is 6.73 Å². The number of rotatable bonds is 4. The number of aryl methyl sites for hydroxylation is 2. The van der Waals surface area contributed by atoms with Crippen LogP contribution in [-0.4, -0.2) is 20.9 Å². The molecule has 1 heterocycles. The molecule has 2 rings (SSSR count). The van der Waals surface area contributed by atoms with Crippen LogP contribution in [0.3, 0.4) is 0 Å². The Hall–Kier alpha value is -2.30. The maximum absolute atomic E-state index is 10.7. The van der Waals surface area contributed by atoms with E-state index >= 15 is 0 Å². The fourth-order valence-electron chi connectivity index (χ4n) is 1.64. The highest BCUT2D eigenvalue weighted by Crippen LogP contribution is 2.13. The highest BCUT2D eigenvalue weighted by Gasteiger charge is 2.04. The molecule has 1 N–H and O–H groups in total. The van der Waals surface area contributed by atoms with Crippen molar-refractivity contribution in [2.75, 3.05) is 0 Å². The van der Waals surface area contributed by atoms with Gasteiger partial charge in [-0.3, -0.25) is 0 Å². The number of aromatic carboxylic acids is 1. The zero-order valence-corrected chi connectivity index (χ0v) is 10.3. The molecule has 0 radical (unpaired) electrons. The molecule has 0 saturated carbocycles. The summed E-state index contributed by atoms with van der Waals surface area (Å²) >= 11 is 0. The Kier molecular flexibility index (Phi) is 3.32. The molecule has 94 valence electrons. The maximum Gasteiger partial charge on any atom is 0.335 e. The van der Waals surface area contributed by atoms with Crippen LogP contribution in [0.1, 0.15) is 21.7 Å². The Morgan fingerprint density at radius 2 is 2.00 bits per heavy atom. The van der Waals surface area contributed by atoms with Gasteiger partial charge in [0, 0.05) is 5.69 Å². The van der Waals surface area contributed by atoms with Crippen LogP contribution < -0.4 is 4.74 Å². The highest BCUT2D eigenvalue weighted by atomic mass is 16.5. The van der Waals surface area contributed by atoms with Gasteiger partial charge in [0.05, 0.1) is 11.3 Å². The van der Waals surface area contributed by atoms with Gasteiger partial charge < -0.3 is 9.84 Å². The summed E-state index contributed by atoms with van der Waals surface area (Å²) in [4.78, 5) is 10.7. The molecule has 0 aliphatic carbocycles. The molecule has 0 aliphatic rings. The van der Waals surface area contributed by atoms with Gasteiger partial charge in [0.1, 0.15) is 5.75 Å². The van der Waals surface area contributed by atoms with E-state index in [1.165, 1.54) is 12.1 Å². The molecule has 2 aromatic rings. The predicted octanol–water partition coefficient (Wildman–Crippen LogP) is 2.23. The first-order valence-electron chi connectivity index (χ1n) is 5.53. The number of carbonyl (C=O) groups is 1.